The third kappa shape index (κ3) is 3.82. The lowest BCUT2D eigenvalue weighted by molar-refractivity contribution is -0.00000410. The van der Waals surface area contributed by atoms with Gasteiger partial charge in [0.15, 0.2) is 4.32 Å². The second-order valence-corrected chi connectivity index (χ2v) is 13.3. The monoisotopic (exact) mass is 320 g/mol. The standard InChI is InChI=1S/C14H22PS2.ClH/c1-14(2)10-16-13(17-11-14)15(3,4)12-8-6-5-7-9-12;/h5-9,13H,10-11H2,1-4H3;1H/q+1;/p-1. The van der Waals surface area contributed by atoms with Gasteiger partial charge in [0.05, 0.1) is 25.9 Å². The lowest BCUT2D eigenvalue weighted by Crippen LogP contribution is -3.00. The van der Waals surface area contributed by atoms with Crippen LogP contribution in [-0.4, -0.2) is 29.2 Å². The van der Waals surface area contributed by atoms with Crippen LogP contribution < -0.4 is 17.7 Å². The molecule has 1 aliphatic rings. The molecule has 18 heavy (non-hydrogen) atoms. The molecule has 1 aliphatic heterocycles. The molecule has 0 nitrogen and oxygen atoms in total. The van der Waals surface area contributed by atoms with E-state index in [0.29, 0.717) is 5.41 Å². The van der Waals surface area contributed by atoms with E-state index < -0.39 is 7.26 Å². The van der Waals surface area contributed by atoms with E-state index in [4.69, 9.17) is 0 Å². The lowest BCUT2D eigenvalue weighted by Gasteiger charge is -2.36. The van der Waals surface area contributed by atoms with E-state index in [1.165, 1.54) is 11.5 Å². The van der Waals surface area contributed by atoms with Gasteiger partial charge < -0.3 is 12.4 Å². The first-order chi connectivity index (χ1) is 7.92. The number of thioether (sulfide) groups is 2. The van der Waals surface area contributed by atoms with Gasteiger partial charge in [-0.3, -0.25) is 0 Å². The van der Waals surface area contributed by atoms with Gasteiger partial charge in [-0.05, 0) is 17.5 Å². The number of halogens is 1. The molecule has 0 unspecified atom stereocenters. The van der Waals surface area contributed by atoms with Crippen LogP contribution >= 0.6 is 30.8 Å². The lowest BCUT2D eigenvalue weighted by atomic mass is 10.0. The highest BCUT2D eigenvalue weighted by Crippen LogP contribution is 2.65. The van der Waals surface area contributed by atoms with E-state index in [0.717, 1.165) is 4.32 Å². The maximum atomic E-state index is 2.49. The zero-order valence-corrected chi connectivity index (χ0v) is 14.8. The highest BCUT2D eigenvalue weighted by molar-refractivity contribution is 8.27. The zero-order valence-electron chi connectivity index (χ0n) is 11.5. The second-order valence-electron chi connectivity index (χ2n) is 5.97. The molecule has 1 saturated heterocycles. The molecule has 0 radical (unpaired) electrons. The molecule has 0 aliphatic carbocycles. The van der Waals surface area contributed by atoms with Gasteiger partial charge in [0.25, 0.3) is 0 Å². The van der Waals surface area contributed by atoms with Crippen molar-refractivity contribution in [3.05, 3.63) is 30.3 Å². The maximum absolute atomic E-state index is 2.49. The van der Waals surface area contributed by atoms with Gasteiger partial charge in [-0.2, -0.15) is 0 Å². The Morgan fingerprint density at radius 3 is 2.06 bits per heavy atom. The van der Waals surface area contributed by atoms with Crippen molar-refractivity contribution < 1.29 is 12.4 Å². The molecule has 0 spiro atoms. The molecule has 0 saturated carbocycles. The minimum atomic E-state index is -1.00. The first-order valence-corrected chi connectivity index (χ1v) is 10.9. The molecule has 2 rings (SSSR count). The first kappa shape index (κ1) is 16.7. The van der Waals surface area contributed by atoms with Gasteiger partial charge in [-0.15, -0.1) is 23.5 Å². The third-order valence-corrected chi connectivity index (χ3v) is 13.2. The number of hydrogen-bond donors (Lipinski definition) is 0. The van der Waals surface area contributed by atoms with Crippen LogP contribution in [0.3, 0.4) is 0 Å². The minimum Gasteiger partial charge on any atom is -1.00 e. The van der Waals surface area contributed by atoms with Gasteiger partial charge in [0.2, 0.25) is 0 Å². The topological polar surface area (TPSA) is 0 Å². The van der Waals surface area contributed by atoms with Crippen LogP contribution in [0.5, 0.6) is 0 Å². The Labute approximate surface area is 127 Å². The van der Waals surface area contributed by atoms with Crippen LogP contribution in [0.4, 0.5) is 0 Å². The van der Waals surface area contributed by atoms with Crippen LogP contribution in [-0.2, 0) is 0 Å². The summed E-state index contributed by atoms with van der Waals surface area (Å²) < 4.78 is 0.790. The van der Waals surface area contributed by atoms with Crippen molar-refractivity contribution in [2.45, 2.75) is 18.2 Å². The summed E-state index contributed by atoms with van der Waals surface area (Å²) in [5.41, 5.74) is 0.516. The van der Waals surface area contributed by atoms with Crippen LogP contribution in [0.25, 0.3) is 0 Å². The Balaban J connectivity index is 0.00000162. The molecule has 0 bridgehead atoms. The van der Waals surface area contributed by atoms with Gasteiger partial charge in [0, 0.05) is 11.5 Å². The van der Waals surface area contributed by atoms with E-state index in [1.54, 1.807) is 5.30 Å². The van der Waals surface area contributed by atoms with Gasteiger partial charge >= 0.3 is 0 Å². The minimum absolute atomic E-state index is 0. The number of hydrogen-bond acceptors (Lipinski definition) is 2. The van der Waals surface area contributed by atoms with Crippen molar-refractivity contribution >= 4 is 36.1 Å². The van der Waals surface area contributed by atoms with Crippen molar-refractivity contribution in [3.8, 4) is 0 Å². The summed E-state index contributed by atoms with van der Waals surface area (Å²) in [6, 6.07) is 11.1. The number of rotatable bonds is 2. The van der Waals surface area contributed by atoms with Crippen LogP contribution in [0.1, 0.15) is 13.8 Å². The molecule has 102 valence electrons. The van der Waals surface area contributed by atoms with Gasteiger partial charge in [-0.25, -0.2) is 0 Å². The fourth-order valence-electron chi connectivity index (χ4n) is 1.99. The van der Waals surface area contributed by atoms with Crippen molar-refractivity contribution in [3.63, 3.8) is 0 Å². The van der Waals surface area contributed by atoms with E-state index in [2.05, 4.69) is 81.0 Å². The van der Waals surface area contributed by atoms with E-state index in [-0.39, 0.29) is 12.4 Å². The van der Waals surface area contributed by atoms with Crippen LogP contribution in [0.2, 0.25) is 0 Å². The average molecular weight is 321 g/mol. The SMILES string of the molecule is CC1(C)CSC([P+](C)(C)c2ccccc2)SC1.[Cl-]. The van der Waals surface area contributed by atoms with E-state index in [1.807, 2.05) is 0 Å². The molecular weight excluding hydrogens is 299 g/mol. The first-order valence-electron chi connectivity index (χ1n) is 6.04. The summed E-state index contributed by atoms with van der Waals surface area (Å²) in [5, 5.41) is 1.57. The molecule has 0 atom stereocenters. The smallest absolute Gasteiger partial charge is 0.164 e. The van der Waals surface area contributed by atoms with E-state index >= 15 is 0 Å². The van der Waals surface area contributed by atoms with Crippen molar-refractivity contribution in [1.82, 2.24) is 0 Å². The van der Waals surface area contributed by atoms with Crippen LogP contribution in [0, 0.1) is 5.41 Å². The second kappa shape index (κ2) is 6.39. The Bertz CT molecular complexity index is 369. The van der Waals surface area contributed by atoms with Crippen molar-refractivity contribution in [1.29, 1.82) is 0 Å². The zero-order chi connectivity index (χ0) is 12.5. The normalized spacial score (nSPS) is 20.2. The maximum Gasteiger partial charge on any atom is 0.164 e. The third-order valence-electron chi connectivity index (χ3n) is 3.18. The molecule has 1 heterocycles. The summed E-state index contributed by atoms with van der Waals surface area (Å²) >= 11 is 4.37. The largest absolute Gasteiger partial charge is 1.00 e. The molecular formula is C14H22ClPS2. The predicted molar refractivity (Wildman–Crippen MR) is 87.3 cm³/mol. The predicted octanol–water partition coefficient (Wildman–Crippen LogP) is 1.38. The summed E-state index contributed by atoms with van der Waals surface area (Å²) in [4.78, 5) is 0. The Kier molecular flexibility index (Phi) is 5.93. The molecule has 4 heteroatoms. The fourth-order valence-corrected chi connectivity index (χ4v) is 9.65. The van der Waals surface area contributed by atoms with Gasteiger partial charge in [0.1, 0.15) is 0 Å². The Morgan fingerprint density at radius 2 is 1.56 bits per heavy atom. The molecule has 0 amide bonds. The molecule has 0 N–H and O–H groups in total. The molecule has 0 aromatic heterocycles. The van der Waals surface area contributed by atoms with Crippen LogP contribution in [0.15, 0.2) is 30.3 Å². The molecule has 1 fully saturated rings. The van der Waals surface area contributed by atoms with E-state index in [9.17, 15) is 0 Å². The summed E-state index contributed by atoms with van der Waals surface area (Å²) in [7, 11) is -1.00. The summed E-state index contributed by atoms with van der Waals surface area (Å²) in [5.74, 6) is 2.61. The fraction of sp³-hybridized carbons (Fsp3) is 0.571. The quantitative estimate of drug-likeness (QED) is 0.755. The summed E-state index contributed by atoms with van der Waals surface area (Å²) in [6.07, 6.45) is 0. The highest BCUT2D eigenvalue weighted by Gasteiger charge is 2.43. The Hall–Kier alpha value is 0.640. The summed E-state index contributed by atoms with van der Waals surface area (Å²) in [6.45, 7) is 9.75. The van der Waals surface area contributed by atoms with Crippen molar-refractivity contribution in [2.24, 2.45) is 5.41 Å². The highest BCUT2D eigenvalue weighted by atomic mass is 35.5. The van der Waals surface area contributed by atoms with Gasteiger partial charge in [-0.1, -0.05) is 32.0 Å². The molecule has 1 aromatic carbocycles. The van der Waals surface area contributed by atoms with Crippen molar-refractivity contribution in [2.75, 3.05) is 24.8 Å². The average Bonchev–Trinajstić information content (AvgIpc) is 2.29. The number of benzene rings is 1. The molecule has 1 aromatic rings. The Morgan fingerprint density at radius 1 is 1.06 bits per heavy atom.